The van der Waals surface area contributed by atoms with E-state index in [1.165, 1.54) is 0 Å². The zero-order chi connectivity index (χ0) is 19.9. The average Bonchev–Trinajstić information content (AvgIpc) is 2.70. The number of carbonyl (C=O) groups excluding carboxylic acids is 1. The van der Waals surface area contributed by atoms with Gasteiger partial charge in [-0.25, -0.2) is 8.42 Å². The number of aldehydes is 1. The molecule has 0 amide bonds. The van der Waals surface area contributed by atoms with Crippen molar-refractivity contribution in [2.24, 2.45) is 0 Å². The largest absolute Gasteiger partial charge is 0.494 e. The normalized spacial score (nSPS) is 10.8. The first kappa shape index (κ1) is 20.3. The van der Waals surface area contributed by atoms with Gasteiger partial charge < -0.3 is 4.74 Å². The zero-order valence-electron chi connectivity index (χ0n) is 14.9. The van der Waals surface area contributed by atoms with E-state index in [-0.39, 0.29) is 18.8 Å². The van der Waals surface area contributed by atoms with Gasteiger partial charge in [0, 0.05) is 5.56 Å². The third kappa shape index (κ3) is 5.24. The van der Waals surface area contributed by atoms with E-state index < -0.39 is 9.84 Å². The number of benzene rings is 2. The predicted molar refractivity (Wildman–Crippen MR) is 110 cm³/mol. The molecular formula is C21H21NO4S. The van der Waals surface area contributed by atoms with Crippen LogP contribution in [0.5, 0.6) is 5.75 Å². The summed E-state index contributed by atoms with van der Waals surface area (Å²) in [5.74, 6) is 0.442. The summed E-state index contributed by atoms with van der Waals surface area (Å²) in [4.78, 5) is 11.1. The minimum Gasteiger partial charge on any atom is -0.494 e. The first-order valence-electron chi connectivity index (χ1n) is 8.28. The van der Waals surface area contributed by atoms with Gasteiger partial charge in [0.05, 0.1) is 12.4 Å². The molecule has 6 heteroatoms. The van der Waals surface area contributed by atoms with Gasteiger partial charge in [-0.05, 0) is 46.9 Å². The molecule has 0 aliphatic heterocycles. The van der Waals surface area contributed by atoms with Gasteiger partial charge in [-0.2, -0.15) is 0 Å². The average molecular weight is 383 g/mol. The summed E-state index contributed by atoms with van der Waals surface area (Å²) in [7, 11) is -3.45. The zero-order valence-corrected chi connectivity index (χ0v) is 15.7. The molecule has 0 fully saturated rings. The highest BCUT2D eigenvalue weighted by molar-refractivity contribution is 8.04. The molecule has 0 saturated heterocycles. The van der Waals surface area contributed by atoms with Gasteiger partial charge in [-0.1, -0.05) is 43.5 Å². The summed E-state index contributed by atoms with van der Waals surface area (Å²) in [5.41, 5.74) is 4.43. The minimum absolute atomic E-state index is 0.129. The molecule has 0 bridgehead atoms. The summed E-state index contributed by atoms with van der Waals surface area (Å²) in [5, 5.41) is 6.85. The first-order valence-corrected chi connectivity index (χ1v) is 10.00. The number of sulfone groups is 1. The number of nitrogens with one attached hydrogen (secondary N) is 1. The van der Waals surface area contributed by atoms with Crippen LogP contribution in [0.1, 0.15) is 27.9 Å². The van der Waals surface area contributed by atoms with Gasteiger partial charge in [0.15, 0.2) is 9.84 Å². The molecule has 0 aliphatic rings. The number of rotatable bonds is 10. The highest BCUT2D eigenvalue weighted by atomic mass is 32.2. The summed E-state index contributed by atoms with van der Waals surface area (Å²) in [6.45, 7) is 7.91. The molecule has 0 heterocycles. The Morgan fingerprint density at radius 3 is 2.30 bits per heavy atom. The molecule has 140 valence electrons. The molecule has 2 aromatic carbocycles. The van der Waals surface area contributed by atoms with Crippen molar-refractivity contribution in [2.75, 3.05) is 12.4 Å². The second kappa shape index (κ2) is 9.09. The van der Waals surface area contributed by atoms with Crippen LogP contribution in [0.25, 0.3) is 23.3 Å². The lowest BCUT2D eigenvalue weighted by Gasteiger charge is -2.15. The lowest BCUT2D eigenvalue weighted by atomic mass is 9.93. The molecule has 5 nitrogen and oxygen atoms in total. The molecule has 0 atom stereocenters. The van der Waals surface area contributed by atoms with Crippen LogP contribution in [-0.4, -0.2) is 32.6 Å². The molecule has 0 spiro atoms. The molecule has 2 rings (SSSR count). The van der Waals surface area contributed by atoms with E-state index in [9.17, 15) is 13.2 Å². The van der Waals surface area contributed by atoms with Crippen molar-refractivity contribution in [3.8, 4) is 16.9 Å². The second-order valence-electron chi connectivity index (χ2n) is 5.82. The van der Waals surface area contributed by atoms with Gasteiger partial charge in [0.2, 0.25) is 0 Å². The van der Waals surface area contributed by atoms with Crippen LogP contribution in [0.3, 0.4) is 0 Å². The lowest BCUT2D eigenvalue weighted by Crippen LogP contribution is -2.10. The standard InChI is InChI=1S/C21H21NO4S/c1-3-17-12-20(26-9-6-10-27(24,25)15-22)13-18(4-2)21(17)19-8-5-7-16(11-19)14-23/h3-5,7-8,11-15,22H,1-2,6,9-10H2. The first-order chi connectivity index (χ1) is 12.9. The fraction of sp³-hybridized carbons (Fsp3) is 0.143. The van der Waals surface area contributed by atoms with E-state index in [4.69, 9.17) is 10.1 Å². The van der Waals surface area contributed by atoms with Crippen LogP contribution >= 0.6 is 0 Å². The van der Waals surface area contributed by atoms with E-state index in [1.54, 1.807) is 24.3 Å². The Kier molecular flexibility index (Phi) is 6.85. The maximum absolute atomic E-state index is 11.3. The number of hydrogen-bond donors (Lipinski definition) is 1. The van der Waals surface area contributed by atoms with Gasteiger partial charge >= 0.3 is 0 Å². The highest BCUT2D eigenvalue weighted by Gasteiger charge is 2.12. The summed E-state index contributed by atoms with van der Waals surface area (Å²) < 4.78 is 28.3. The van der Waals surface area contributed by atoms with Crippen molar-refractivity contribution in [2.45, 2.75) is 6.42 Å². The lowest BCUT2D eigenvalue weighted by molar-refractivity contribution is 0.112. The number of ether oxygens (including phenoxy) is 1. The maximum Gasteiger partial charge on any atom is 0.188 e. The SMILES string of the molecule is C=Cc1cc(OCCCS(=O)(=O)C=N)cc(C=C)c1-c1cccc(C=O)c1. The Morgan fingerprint density at radius 1 is 1.07 bits per heavy atom. The van der Waals surface area contributed by atoms with Crippen molar-refractivity contribution in [1.82, 2.24) is 0 Å². The van der Waals surface area contributed by atoms with Crippen molar-refractivity contribution in [3.63, 3.8) is 0 Å². The van der Waals surface area contributed by atoms with Gasteiger partial charge in [-0.15, -0.1) is 0 Å². The number of hydrogen-bond acceptors (Lipinski definition) is 5. The Hall–Kier alpha value is -2.99. The van der Waals surface area contributed by atoms with Gasteiger partial charge in [-0.3, -0.25) is 10.2 Å². The van der Waals surface area contributed by atoms with E-state index >= 15 is 0 Å². The van der Waals surface area contributed by atoms with Crippen LogP contribution in [0.4, 0.5) is 0 Å². The molecular weight excluding hydrogens is 362 g/mol. The van der Waals surface area contributed by atoms with Crippen molar-refractivity contribution in [1.29, 1.82) is 5.41 Å². The van der Waals surface area contributed by atoms with E-state index in [2.05, 4.69) is 13.2 Å². The molecule has 0 aliphatic carbocycles. The smallest absolute Gasteiger partial charge is 0.188 e. The Balaban J connectivity index is 2.30. The summed E-state index contributed by atoms with van der Waals surface area (Å²) in [6, 6.07) is 10.9. The maximum atomic E-state index is 11.3. The third-order valence-corrected chi connectivity index (χ3v) is 5.16. The Bertz CT molecular complexity index is 948. The second-order valence-corrected chi connectivity index (χ2v) is 7.78. The van der Waals surface area contributed by atoms with Crippen LogP contribution in [0.15, 0.2) is 49.6 Å². The van der Waals surface area contributed by atoms with E-state index in [0.29, 0.717) is 16.9 Å². The van der Waals surface area contributed by atoms with Gasteiger partial charge in [0.1, 0.15) is 17.6 Å². The van der Waals surface area contributed by atoms with Crippen molar-refractivity contribution in [3.05, 3.63) is 66.2 Å². The van der Waals surface area contributed by atoms with Crippen molar-refractivity contribution < 1.29 is 17.9 Å². The van der Waals surface area contributed by atoms with E-state index in [0.717, 1.165) is 28.5 Å². The molecule has 0 radical (unpaired) electrons. The Morgan fingerprint density at radius 2 is 1.74 bits per heavy atom. The number of carbonyl (C=O) groups is 1. The third-order valence-electron chi connectivity index (χ3n) is 3.95. The van der Waals surface area contributed by atoms with Crippen molar-refractivity contribution >= 4 is 33.8 Å². The molecule has 0 unspecified atom stereocenters. The molecule has 0 aromatic heterocycles. The van der Waals surface area contributed by atoms with Crippen LogP contribution in [0.2, 0.25) is 0 Å². The quantitative estimate of drug-likeness (QED) is 0.288. The van der Waals surface area contributed by atoms with E-state index in [1.807, 2.05) is 24.3 Å². The highest BCUT2D eigenvalue weighted by Crippen LogP contribution is 2.33. The predicted octanol–water partition coefficient (Wildman–Crippen LogP) is 4.24. The molecule has 0 saturated carbocycles. The fourth-order valence-electron chi connectivity index (χ4n) is 2.67. The van der Waals surface area contributed by atoms with Crippen LogP contribution in [-0.2, 0) is 9.84 Å². The topological polar surface area (TPSA) is 84.3 Å². The monoisotopic (exact) mass is 383 g/mol. The summed E-state index contributed by atoms with van der Waals surface area (Å²) in [6.07, 6.45) is 4.47. The van der Waals surface area contributed by atoms with Crippen LogP contribution < -0.4 is 4.74 Å². The minimum atomic E-state index is -3.45. The Labute approximate surface area is 159 Å². The summed E-state index contributed by atoms with van der Waals surface area (Å²) >= 11 is 0. The van der Waals surface area contributed by atoms with Gasteiger partial charge in [0.25, 0.3) is 0 Å². The molecule has 2 aromatic rings. The van der Waals surface area contributed by atoms with Crippen LogP contribution in [0, 0.1) is 5.41 Å². The molecule has 1 N–H and O–H groups in total. The fourth-order valence-corrected chi connectivity index (χ4v) is 3.31. The molecule has 27 heavy (non-hydrogen) atoms.